The summed E-state index contributed by atoms with van der Waals surface area (Å²) in [6.45, 7) is 5.16. The van der Waals surface area contributed by atoms with Crippen molar-refractivity contribution in [3.05, 3.63) is 21.3 Å². The number of halogens is 1. The Bertz CT molecular complexity index is 328. The number of rotatable bonds is 3. The van der Waals surface area contributed by atoms with Gasteiger partial charge < -0.3 is 10.1 Å². The van der Waals surface area contributed by atoms with Crippen molar-refractivity contribution in [2.24, 2.45) is 0 Å². The van der Waals surface area contributed by atoms with E-state index in [1.807, 2.05) is 6.07 Å². The Balaban J connectivity index is 1.94. The fraction of sp³-hybridized carbons (Fsp3) is 0.636. The highest BCUT2D eigenvalue weighted by Gasteiger charge is 2.25. The van der Waals surface area contributed by atoms with Gasteiger partial charge in [-0.2, -0.15) is 0 Å². The molecule has 0 spiro atoms. The minimum Gasteiger partial charge on any atom is -0.377 e. The first-order valence-corrected chi connectivity index (χ1v) is 6.54. The van der Waals surface area contributed by atoms with Crippen LogP contribution in [0, 0.1) is 0 Å². The zero-order valence-corrected chi connectivity index (χ0v) is 10.6. The number of hydrogen-bond donors (Lipinski definition) is 1. The summed E-state index contributed by atoms with van der Waals surface area (Å²) < 4.78 is 6.38. The summed E-state index contributed by atoms with van der Waals surface area (Å²) in [6, 6.07) is 2.85. The van der Waals surface area contributed by atoms with E-state index in [4.69, 9.17) is 16.3 Å². The molecule has 1 saturated heterocycles. The van der Waals surface area contributed by atoms with Crippen LogP contribution in [-0.4, -0.2) is 18.8 Å². The maximum absolute atomic E-state index is 5.92. The lowest BCUT2D eigenvalue weighted by Crippen LogP contribution is -2.36. The van der Waals surface area contributed by atoms with Gasteiger partial charge in [-0.3, -0.25) is 0 Å². The van der Waals surface area contributed by atoms with Crippen molar-refractivity contribution in [2.45, 2.75) is 38.5 Å². The van der Waals surface area contributed by atoms with Crippen molar-refractivity contribution in [1.29, 1.82) is 0 Å². The van der Waals surface area contributed by atoms with Gasteiger partial charge in [0.2, 0.25) is 0 Å². The number of nitrogens with one attached hydrogen (secondary N) is 1. The molecule has 2 rings (SSSR count). The van der Waals surface area contributed by atoms with E-state index in [2.05, 4.69) is 24.5 Å². The Hall–Kier alpha value is -0.0900. The van der Waals surface area contributed by atoms with E-state index in [9.17, 15) is 0 Å². The first kappa shape index (κ1) is 11.4. The monoisotopic (exact) mass is 245 g/mol. The lowest BCUT2D eigenvalue weighted by atomic mass is 10.1. The van der Waals surface area contributed by atoms with E-state index in [-0.39, 0.29) is 0 Å². The highest BCUT2D eigenvalue weighted by atomic mass is 35.5. The molecule has 1 aliphatic rings. The molecule has 0 aliphatic carbocycles. The molecule has 1 fully saturated rings. The maximum atomic E-state index is 5.92. The molecule has 2 nitrogen and oxygen atoms in total. The molecule has 1 aliphatic heterocycles. The molecule has 0 saturated carbocycles. The van der Waals surface area contributed by atoms with Gasteiger partial charge in [-0.25, -0.2) is 0 Å². The third-order valence-corrected chi connectivity index (χ3v) is 4.04. The Labute approximate surface area is 99.6 Å². The van der Waals surface area contributed by atoms with Gasteiger partial charge in [0.1, 0.15) is 0 Å². The lowest BCUT2D eigenvalue weighted by molar-refractivity contribution is 0.111. The molecule has 1 N–H and O–H groups in total. The quantitative estimate of drug-likeness (QED) is 0.883. The average Bonchev–Trinajstić information content (AvgIpc) is 2.77. The molecular weight excluding hydrogens is 230 g/mol. The molecular formula is C11H16ClNOS. The van der Waals surface area contributed by atoms with Crippen LogP contribution < -0.4 is 5.32 Å². The molecule has 3 unspecified atom stereocenters. The van der Waals surface area contributed by atoms with Crippen LogP contribution in [0.1, 0.15) is 31.9 Å². The summed E-state index contributed by atoms with van der Waals surface area (Å²) in [6.07, 6.45) is 1.42. The van der Waals surface area contributed by atoms with Crippen LogP contribution in [0.2, 0.25) is 4.34 Å². The Morgan fingerprint density at radius 2 is 2.47 bits per heavy atom. The van der Waals surface area contributed by atoms with Crippen molar-refractivity contribution in [3.63, 3.8) is 0 Å². The minimum atomic E-state index is 0.321. The van der Waals surface area contributed by atoms with Crippen LogP contribution in [0.4, 0.5) is 0 Å². The molecule has 3 atom stereocenters. The summed E-state index contributed by atoms with van der Waals surface area (Å²) in [7, 11) is 0. The van der Waals surface area contributed by atoms with Crippen molar-refractivity contribution in [2.75, 3.05) is 6.61 Å². The van der Waals surface area contributed by atoms with E-state index < -0.39 is 0 Å². The van der Waals surface area contributed by atoms with E-state index in [1.165, 1.54) is 5.56 Å². The Morgan fingerprint density at radius 1 is 1.67 bits per heavy atom. The highest BCUT2D eigenvalue weighted by Crippen LogP contribution is 2.26. The summed E-state index contributed by atoms with van der Waals surface area (Å²) in [4.78, 5) is 0. The molecule has 84 valence electrons. The molecule has 15 heavy (non-hydrogen) atoms. The molecule has 1 aromatic rings. The van der Waals surface area contributed by atoms with Crippen LogP contribution >= 0.6 is 22.9 Å². The normalized spacial score (nSPS) is 28.2. The molecule has 0 aromatic carbocycles. The lowest BCUT2D eigenvalue weighted by Gasteiger charge is -2.21. The van der Waals surface area contributed by atoms with Gasteiger partial charge in [-0.1, -0.05) is 11.6 Å². The molecule has 1 aromatic heterocycles. The van der Waals surface area contributed by atoms with Crippen LogP contribution in [-0.2, 0) is 4.74 Å². The fourth-order valence-corrected chi connectivity index (χ4v) is 2.90. The van der Waals surface area contributed by atoms with Crippen molar-refractivity contribution >= 4 is 22.9 Å². The van der Waals surface area contributed by atoms with Gasteiger partial charge in [0.25, 0.3) is 0 Å². The Kier molecular flexibility index (Phi) is 3.67. The first-order chi connectivity index (χ1) is 7.16. The minimum absolute atomic E-state index is 0.321. The predicted octanol–water partition coefficient (Wildman–Crippen LogP) is 3.23. The highest BCUT2D eigenvalue weighted by molar-refractivity contribution is 7.14. The van der Waals surface area contributed by atoms with E-state index in [1.54, 1.807) is 11.3 Å². The molecule has 0 radical (unpaired) electrons. The Morgan fingerprint density at radius 3 is 3.00 bits per heavy atom. The van der Waals surface area contributed by atoms with Crippen LogP contribution in [0.25, 0.3) is 0 Å². The molecule has 4 heteroatoms. The fourth-order valence-electron chi connectivity index (χ4n) is 1.92. The summed E-state index contributed by atoms with van der Waals surface area (Å²) in [5.41, 5.74) is 1.27. The van der Waals surface area contributed by atoms with Crippen molar-refractivity contribution < 1.29 is 4.74 Å². The van der Waals surface area contributed by atoms with Crippen LogP contribution in [0.15, 0.2) is 11.4 Å². The van der Waals surface area contributed by atoms with Gasteiger partial charge in [0, 0.05) is 18.7 Å². The predicted molar refractivity (Wildman–Crippen MR) is 64.7 cm³/mol. The third kappa shape index (κ3) is 2.72. The van der Waals surface area contributed by atoms with Gasteiger partial charge in [-0.05, 0) is 37.3 Å². The number of hydrogen-bond acceptors (Lipinski definition) is 3. The van der Waals surface area contributed by atoms with Gasteiger partial charge >= 0.3 is 0 Å². The summed E-state index contributed by atoms with van der Waals surface area (Å²) in [5.74, 6) is 0. The zero-order valence-electron chi connectivity index (χ0n) is 9.00. The standard InChI is InChI=1S/C11H16ClNOS/c1-7(9-5-11(12)15-6-9)13-10-3-4-14-8(10)2/h5-8,10,13H,3-4H2,1-2H3. The largest absolute Gasteiger partial charge is 0.377 e. The third-order valence-electron chi connectivity index (χ3n) is 2.93. The van der Waals surface area contributed by atoms with E-state index >= 15 is 0 Å². The smallest absolute Gasteiger partial charge is 0.0931 e. The molecule has 2 heterocycles. The SMILES string of the molecule is CC(NC1CCOC1C)c1csc(Cl)c1. The summed E-state index contributed by atoms with van der Waals surface area (Å²) in [5, 5.41) is 5.69. The molecule has 0 bridgehead atoms. The van der Waals surface area contributed by atoms with Crippen LogP contribution in [0.3, 0.4) is 0 Å². The first-order valence-electron chi connectivity index (χ1n) is 5.28. The van der Waals surface area contributed by atoms with E-state index in [0.29, 0.717) is 18.2 Å². The second-order valence-corrected chi connectivity index (χ2v) is 5.59. The topological polar surface area (TPSA) is 21.3 Å². The second kappa shape index (κ2) is 4.83. The van der Waals surface area contributed by atoms with Crippen molar-refractivity contribution in [1.82, 2.24) is 5.32 Å². The molecule has 0 amide bonds. The second-order valence-electron chi connectivity index (χ2n) is 4.04. The maximum Gasteiger partial charge on any atom is 0.0931 e. The van der Waals surface area contributed by atoms with Crippen molar-refractivity contribution in [3.8, 4) is 0 Å². The van der Waals surface area contributed by atoms with E-state index in [0.717, 1.165) is 17.4 Å². The van der Waals surface area contributed by atoms with Gasteiger partial charge in [-0.15, -0.1) is 11.3 Å². The zero-order chi connectivity index (χ0) is 10.8. The van der Waals surface area contributed by atoms with Gasteiger partial charge in [0.15, 0.2) is 0 Å². The van der Waals surface area contributed by atoms with Crippen LogP contribution in [0.5, 0.6) is 0 Å². The average molecular weight is 246 g/mol. The number of ether oxygens (including phenoxy) is 1. The van der Waals surface area contributed by atoms with Gasteiger partial charge in [0.05, 0.1) is 10.4 Å². The summed E-state index contributed by atoms with van der Waals surface area (Å²) >= 11 is 7.50. The number of thiophene rings is 1.